The molecule has 0 radical (unpaired) electrons. The van der Waals surface area contributed by atoms with Crippen molar-refractivity contribution in [2.75, 3.05) is 39.6 Å². The zero-order valence-electron chi connectivity index (χ0n) is 83.1. The second-order valence-electron chi connectivity index (χ2n) is 41.1. The number of terminal acetylenes is 1. The Morgan fingerprint density at radius 1 is 0.226 bits per heavy atom. The van der Waals surface area contributed by atoms with E-state index in [9.17, 15) is 67.1 Å². The summed E-state index contributed by atoms with van der Waals surface area (Å²) in [5.74, 6) is -23.2. The molecule has 43 heteroatoms. The maximum atomic E-state index is 15.3. The minimum atomic E-state index is -2.36. The molecule has 9 amide bonds. The van der Waals surface area contributed by atoms with Gasteiger partial charge in [0.2, 0.25) is 53.2 Å². The lowest BCUT2D eigenvalue weighted by Gasteiger charge is -2.29. The number of esters is 10. The van der Waals surface area contributed by atoms with Gasteiger partial charge in [0.1, 0.15) is 111 Å². The van der Waals surface area contributed by atoms with Crippen LogP contribution in [0.4, 0.5) is 0 Å². The topological polar surface area (TPSA) is 596 Å². The number of hydrogen-bond acceptors (Lipinski definition) is 34. The number of ether oxygens (including phenoxy) is 13. The molecule has 0 aliphatic rings. The average Bonchev–Trinajstić information content (AvgIpc) is 0.837. The summed E-state index contributed by atoms with van der Waals surface area (Å²) in [6.45, 7) is 44.5. The van der Waals surface area contributed by atoms with Crippen LogP contribution in [0, 0.1) is 12.3 Å². The smallest absolute Gasteiger partial charge is 0.308 e. The molecule has 0 aromatic carbocycles. The summed E-state index contributed by atoms with van der Waals surface area (Å²) in [6, 6.07) is -21.4. The number of carbonyl (C=O) groups is 20. The highest BCUT2D eigenvalue weighted by Gasteiger charge is 2.43. The Morgan fingerprint density at radius 2 is 0.376 bits per heavy atom. The van der Waals surface area contributed by atoms with Crippen LogP contribution >= 0.6 is 0 Å². The lowest BCUT2D eigenvalue weighted by atomic mass is 10.0. The fourth-order valence-electron chi connectivity index (χ4n) is 11.1. The number of nitrogens with two attached hydrogens (primary N) is 1. The van der Waals surface area contributed by atoms with Gasteiger partial charge in [0.15, 0.2) is 5.78 Å². The Balaban J connectivity index is 8.77. The third-order valence-electron chi connectivity index (χ3n) is 15.7. The highest BCUT2D eigenvalue weighted by molar-refractivity contribution is 6.03. The Kier molecular flexibility index (Phi) is 49.3. The quantitative estimate of drug-likeness (QED) is 0.0181. The molecule has 10 atom stereocenters. The van der Waals surface area contributed by atoms with E-state index >= 15 is 28.8 Å². The van der Waals surface area contributed by atoms with Crippen molar-refractivity contribution in [3.8, 4) is 12.3 Å². The third-order valence-corrected chi connectivity index (χ3v) is 15.7. The number of hydrogen-bond donors (Lipinski definition) is 10. The van der Waals surface area contributed by atoms with Crippen molar-refractivity contribution in [1.29, 1.82) is 0 Å². The molecule has 0 aliphatic carbocycles. The fraction of sp³-hybridized carbons (Fsp3) is 0.756. The number of Topliss-reactive ketones (excluding diaryl/α,β-unsaturated/α-hetero) is 1. The van der Waals surface area contributed by atoms with E-state index < -0.39 is 299 Å². The van der Waals surface area contributed by atoms with Gasteiger partial charge in [-0.15, -0.1) is 6.42 Å². The van der Waals surface area contributed by atoms with E-state index in [1.807, 2.05) is 0 Å². The Bertz CT molecular complexity index is 4060. The molecular formula is C90H148N10O33. The minimum absolute atomic E-state index is 0.00773. The van der Waals surface area contributed by atoms with Crippen molar-refractivity contribution in [3.05, 3.63) is 0 Å². The SMILES string of the molecule is C#CCOCCOCCOCCCC(=O)[C@H](CC(=O)OC(C)(C)C)NC(=O)[C@H](CC(=O)OC(C)(C)C)NC(=O)[C@H](CC(=O)OC(C)(C)C)NC(=O)[C@H](CC(=O)OC(C)(C)C)NC(=O)[C@H](CC(=O)OC(C)(C)C)NC(=O)[C@H](CC(=O)OC(C)(C)C)NC(=O)[C@H](CC(=O)OC(C)(C)C)NC(=O)[C@H](CC(=O)OC(C)(C)C)NC(=O)[C@H](CC(=O)OC(C)(C)C)NC(=O)[C@@H](N)CC(=O)OC(C)(C)C. The highest BCUT2D eigenvalue weighted by atomic mass is 16.6. The van der Waals surface area contributed by atoms with E-state index in [1.54, 1.807) is 20.8 Å². The van der Waals surface area contributed by atoms with Crippen molar-refractivity contribution >= 4 is 119 Å². The minimum Gasteiger partial charge on any atom is -0.460 e. The largest absolute Gasteiger partial charge is 0.460 e. The molecule has 0 heterocycles. The van der Waals surface area contributed by atoms with Crippen molar-refractivity contribution in [2.24, 2.45) is 5.73 Å². The van der Waals surface area contributed by atoms with Crippen LogP contribution in [0.5, 0.6) is 0 Å². The van der Waals surface area contributed by atoms with Crippen molar-refractivity contribution in [3.63, 3.8) is 0 Å². The summed E-state index contributed by atoms with van der Waals surface area (Å²) >= 11 is 0. The predicted octanol–water partition coefficient (Wildman–Crippen LogP) is 3.03. The number of amides is 9. The van der Waals surface area contributed by atoms with Gasteiger partial charge in [-0.2, -0.15) is 0 Å². The molecule has 11 N–H and O–H groups in total. The lowest BCUT2D eigenvalue weighted by molar-refractivity contribution is -0.159. The Labute approximate surface area is 779 Å². The molecule has 0 aromatic heterocycles. The van der Waals surface area contributed by atoms with Gasteiger partial charge in [0.25, 0.3) is 0 Å². The second-order valence-corrected chi connectivity index (χ2v) is 41.1. The monoisotopic (exact) mass is 1900 g/mol. The fourth-order valence-corrected chi connectivity index (χ4v) is 11.1. The standard InChI is InChI=1S/C90H148N10O33/c1-32-35-121-37-39-123-40-38-122-36-33-34-61(101)52(42-63(103)125-82(5,6)7)92-73(113)54(44-65(105)127-84(11,12)13)94-75(115)56(46-67(107)129-86(17,18)19)96-77(117)58(48-69(109)131-88(23,24)25)98-79(119)60(50-71(111)133-90(29,30)31)100-80(120)59(49-70(110)132-89(26,27)28)99-78(118)57(47-68(108)130-87(20,21)22)97-76(116)55(45-66(106)128-85(14,15)16)95-74(114)53(43-64(104)126-83(8,9)10)93-72(112)51(91)41-62(102)124-81(2,3)4/h1,51-60H,33-50,91H2,2-31H3,(H,92,113)(H,93,112)(H,94,115)(H,95,114)(H,96,117)(H,97,116)(H,98,119)(H,99,118)(H,100,120)/t51-,52-,53-,54-,55-,56-,57-,58-,59-,60-/m0/s1. The Morgan fingerprint density at radius 3 is 0.556 bits per heavy atom. The van der Waals surface area contributed by atoms with E-state index in [0.717, 1.165) is 0 Å². The molecule has 0 aliphatic heterocycles. The van der Waals surface area contributed by atoms with Gasteiger partial charge in [-0.25, -0.2) is 0 Å². The highest BCUT2D eigenvalue weighted by Crippen LogP contribution is 2.22. The van der Waals surface area contributed by atoms with Gasteiger partial charge in [0, 0.05) is 13.0 Å². The van der Waals surface area contributed by atoms with Crippen LogP contribution in [0.15, 0.2) is 0 Å². The van der Waals surface area contributed by atoms with E-state index in [2.05, 4.69) is 53.8 Å². The van der Waals surface area contributed by atoms with Gasteiger partial charge < -0.3 is 115 Å². The first-order valence-corrected chi connectivity index (χ1v) is 43.6. The summed E-state index contributed by atoms with van der Waals surface area (Å²) in [4.78, 5) is 286. The number of rotatable bonds is 50. The first kappa shape index (κ1) is 122. The number of nitrogens with one attached hydrogen (secondary N) is 9. The summed E-state index contributed by atoms with van der Waals surface area (Å²) < 4.78 is 71.0. The van der Waals surface area contributed by atoms with Crippen molar-refractivity contribution in [2.45, 2.75) is 401 Å². The normalized spacial score (nSPS) is 14.5. The van der Waals surface area contributed by atoms with E-state index in [4.69, 9.17) is 73.7 Å². The molecule has 0 aromatic rings. The number of carbonyl (C=O) groups excluding carboxylic acids is 20. The molecule has 0 saturated heterocycles. The van der Waals surface area contributed by atoms with Crippen LogP contribution in [0.2, 0.25) is 0 Å². The molecule has 0 saturated carbocycles. The van der Waals surface area contributed by atoms with E-state index in [-0.39, 0.29) is 52.5 Å². The first-order valence-electron chi connectivity index (χ1n) is 43.6. The van der Waals surface area contributed by atoms with Crippen LogP contribution in [0.3, 0.4) is 0 Å². The molecule has 0 rings (SSSR count). The van der Waals surface area contributed by atoms with Gasteiger partial charge in [-0.3, -0.25) is 95.9 Å². The predicted molar refractivity (Wildman–Crippen MR) is 476 cm³/mol. The second kappa shape index (κ2) is 53.8. The van der Waals surface area contributed by atoms with Gasteiger partial charge in [-0.1, -0.05) is 5.92 Å². The van der Waals surface area contributed by atoms with Crippen LogP contribution in [-0.2, 0) is 157 Å². The van der Waals surface area contributed by atoms with Gasteiger partial charge in [0.05, 0.1) is 103 Å². The Hall–Kier alpha value is -11.0. The molecule has 133 heavy (non-hydrogen) atoms. The van der Waals surface area contributed by atoms with Crippen LogP contribution < -0.4 is 53.6 Å². The summed E-state index contributed by atoms with van der Waals surface area (Å²) in [5, 5.41) is 20.4. The maximum absolute atomic E-state index is 15.3. The van der Waals surface area contributed by atoms with Crippen LogP contribution in [0.25, 0.3) is 0 Å². The van der Waals surface area contributed by atoms with Crippen molar-refractivity contribution in [1.82, 2.24) is 47.9 Å². The van der Waals surface area contributed by atoms with E-state index in [1.165, 1.54) is 187 Å². The molecule has 0 bridgehead atoms. The summed E-state index contributed by atoms with van der Waals surface area (Å²) in [6.07, 6.45) is -5.78. The zero-order chi connectivity index (χ0) is 103. The maximum Gasteiger partial charge on any atom is 0.308 e. The molecular weight excluding hydrogens is 1750 g/mol. The first-order chi connectivity index (χ1) is 60.2. The van der Waals surface area contributed by atoms with Crippen LogP contribution in [0.1, 0.15) is 285 Å². The average molecular weight is 1900 g/mol. The summed E-state index contributed by atoms with van der Waals surface area (Å²) in [7, 11) is 0. The molecule has 756 valence electrons. The third kappa shape index (κ3) is 60.7. The molecule has 43 nitrogen and oxygen atoms in total. The van der Waals surface area contributed by atoms with Gasteiger partial charge >= 0.3 is 59.7 Å². The van der Waals surface area contributed by atoms with Gasteiger partial charge in [-0.05, 0) is 214 Å². The van der Waals surface area contributed by atoms with E-state index in [0.29, 0.717) is 0 Å². The summed E-state index contributed by atoms with van der Waals surface area (Å²) in [5.41, 5.74) is -6.51. The molecule has 0 spiro atoms. The zero-order valence-corrected chi connectivity index (χ0v) is 83.1. The molecule has 0 unspecified atom stereocenters. The molecule has 0 fully saturated rings. The number of ketones is 1. The van der Waals surface area contributed by atoms with Crippen molar-refractivity contribution < 1.29 is 157 Å². The lowest BCUT2D eigenvalue weighted by Crippen LogP contribution is -2.61. The van der Waals surface area contributed by atoms with Crippen LogP contribution in [-0.4, -0.2) is 275 Å².